The molecule has 2 aromatic rings. The molecule has 0 unspecified atom stereocenters. The molecule has 30 heavy (non-hydrogen) atoms. The SMILES string of the molecule is COCCN1C(=O)C(=O)/C(=C(/O)c2ccc(Cl)cc2)[C@@H]1c1ccc(OC)c(OC)c1. The average molecular weight is 432 g/mol. The monoisotopic (exact) mass is 431 g/mol. The second-order valence-electron chi connectivity index (χ2n) is 6.61. The molecular formula is C22H22ClNO6. The number of carbonyl (C=O) groups excluding carboxylic acids is 2. The van der Waals surface area contributed by atoms with Crippen molar-refractivity contribution in [3.63, 3.8) is 0 Å². The Morgan fingerprint density at radius 3 is 2.30 bits per heavy atom. The number of nitrogens with zero attached hydrogens (tertiary/aromatic N) is 1. The number of hydrogen-bond donors (Lipinski definition) is 1. The van der Waals surface area contributed by atoms with Crippen LogP contribution in [0.1, 0.15) is 17.2 Å². The summed E-state index contributed by atoms with van der Waals surface area (Å²) in [5, 5.41) is 11.4. The molecule has 158 valence electrons. The Bertz CT molecular complexity index is 986. The van der Waals surface area contributed by atoms with Gasteiger partial charge in [-0.15, -0.1) is 0 Å². The van der Waals surface area contributed by atoms with Crippen molar-refractivity contribution >= 4 is 29.1 Å². The average Bonchev–Trinajstić information content (AvgIpc) is 3.01. The predicted molar refractivity (Wildman–Crippen MR) is 112 cm³/mol. The van der Waals surface area contributed by atoms with Gasteiger partial charge in [0.2, 0.25) is 0 Å². The smallest absolute Gasteiger partial charge is 0.295 e. The lowest BCUT2D eigenvalue weighted by Gasteiger charge is -2.25. The van der Waals surface area contributed by atoms with E-state index in [9.17, 15) is 14.7 Å². The molecule has 2 aromatic carbocycles. The van der Waals surface area contributed by atoms with Crippen LogP contribution in [0.5, 0.6) is 11.5 Å². The summed E-state index contributed by atoms with van der Waals surface area (Å²) in [4.78, 5) is 27.0. The first-order valence-electron chi connectivity index (χ1n) is 9.18. The van der Waals surface area contributed by atoms with E-state index in [4.69, 9.17) is 25.8 Å². The number of carbonyl (C=O) groups is 2. The Kier molecular flexibility index (Phi) is 6.64. The third-order valence-corrected chi connectivity index (χ3v) is 5.17. The van der Waals surface area contributed by atoms with Crippen LogP contribution in [-0.4, -0.2) is 56.2 Å². The summed E-state index contributed by atoms with van der Waals surface area (Å²) in [6.45, 7) is 0.412. The molecule has 8 heteroatoms. The molecule has 0 aromatic heterocycles. The maximum Gasteiger partial charge on any atom is 0.295 e. The normalized spacial score (nSPS) is 18.0. The van der Waals surface area contributed by atoms with Gasteiger partial charge in [-0.05, 0) is 42.0 Å². The number of halogens is 1. The number of hydrogen-bond acceptors (Lipinski definition) is 6. The molecule has 7 nitrogen and oxygen atoms in total. The molecule has 0 radical (unpaired) electrons. The summed E-state index contributed by atoms with van der Waals surface area (Å²) < 4.78 is 15.7. The van der Waals surface area contributed by atoms with Crippen molar-refractivity contribution in [2.75, 3.05) is 34.5 Å². The van der Waals surface area contributed by atoms with E-state index in [0.29, 0.717) is 27.6 Å². The van der Waals surface area contributed by atoms with Crippen molar-refractivity contribution in [1.82, 2.24) is 4.90 Å². The van der Waals surface area contributed by atoms with Gasteiger partial charge >= 0.3 is 0 Å². The standard InChI is InChI=1S/C22H22ClNO6/c1-28-11-10-24-19(14-6-9-16(29-2)17(12-14)30-3)18(21(26)22(24)27)20(25)13-4-7-15(23)8-5-13/h4-9,12,19,25H,10-11H2,1-3H3/b20-18+/t19-/m0/s1. The van der Waals surface area contributed by atoms with Gasteiger partial charge in [-0.1, -0.05) is 17.7 Å². The molecular weight excluding hydrogens is 410 g/mol. The Hall–Kier alpha value is -3.03. The van der Waals surface area contributed by atoms with Crippen LogP contribution in [0.4, 0.5) is 0 Å². The summed E-state index contributed by atoms with van der Waals surface area (Å²) in [7, 11) is 4.52. The van der Waals surface area contributed by atoms with Gasteiger partial charge in [-0.2, -0.15) is 0 Å². The molecule has 1 atom stereocenters. The van der Waals surface area contributed by atoms with Gasteiger partial charge in [-0.25, -0.2) is 0 Å². The number of Topliss-reactive ketones (excluding diaryl/α,β-unsaturated/α-hetero) is 1. The minimum absolute atomic E-state index is 0.00866. The highest BCUT2D eigenvalue weighted by Gasteiger charge is 2.46. The Balaban J connectivity index is 2.18. The molecule has 1 N–H and O–H groups in total. The number of ketones is 1. The molecule has 0 spiro atoms. The summed E-state index contributed by atoms with van der Waals surface area (Å²) >= 11 is 5.93. The minimum atomic E-state index is -0.810. The molecule has 1 fully saturated rings. The maximum atomic E-state index is 12.9. The highest BCUT2D eigenvalue weighted by molar-refractivity contribution is 6.46. The number of aliphatic hydroxyl groups excluding tert-OH is 1. The van der Waals surface area contributed by atoms with E-state index in [1.54, 1.807) is 42.5 Å². The van der Waals surface area contributed by atoms with Crippen molar-refractivity contribution in [3.05, 3.63) is 64.2 Å². The fraction of sp³-hybridized carbons (Fsp3) is 0.273. The predicted octanol–water partition coefficient (Wildman–Crippen LogP) is 3.43. The van der Waals surface area contributed by atoms with Crippen molar-refractivity contribution in [3.8, 4) is 11.5 Å². The quantitative estimate of drug-likeness (QED) is 0.410. The Morgan fingerprint density at radius 2 is 1.70 bits per heavy atom. The van der Waals surface area contributed by atoms with Gasteiger partial charge in [0.1, 0.15) is 5.76 Å². The first-order valence-corrected chi connectivity index (χ1v) is 9.56. The molecule has 1 saturated heterocycles. The Labute approximate surface area is 179 Å². The third-order valence-electron chi connectivity index (χ3n) is 4.92. The van der Waals surface area contributed by atoms with Gasteiger partial charge in [0.05, 0.1) is 32.4 Å². The zero-order chi connectivity index (χ0) is 21.8. The van der Waals surface area contributed by atoms with Crippen LogP contribution >= 0.6 is 11.6 Å². The summed E-state index contributed by atoms with van der Waals surface area (Å²) in [6.07, 6.45) is 0. The van der Waals surface area contributed by atoms with Crippen LogP contribution in [-0.2, 0) is 14.3 Å². The lowest BCUT2D eigenvalue weighted by Crippen LogP contribution is -2.32. The number of rotatable bonds is 7. The van der Waals surface area contributed by atoms with Crippen LogP contribution in [0.25, 0.3) is 5.76 Å². The number of aliphatic hydroxyl groups is 1. The summed E-state index contributed by atoms with van der Waals surface area (Å²) in [5.74, 6) is -0.794. The zero-order valence-electron chi connectivity index (χ0n) is 16.8. The van der Waals surface area contributed by atoms with E-state index in [2.05, 4.69) is 0 Å². The number of amides is 1. The van der Waals surface area contributed by atoms with E-state index < -0.39 is 17.7 Å². The van der Waals surface area contributed by atoms with Crippen molar-refractivity contribution in [2.45, 2.75) is 6.04 Å². The van der Waals surface area contributed by atoms with E-state index in [-0.39, 0.29) is 24.5 Å². The van der Waals surface area contributed by atoms with Gasteiger partial charge in [0.15, 0.2) is 11.5 Å². The highest BCUT2D eigenvalue weighted by atomic mass is 35.5. The second-order valence-corrected chi connectivity index (χ2v) is 7.04. The van der Waals surface area contributed by atoms with E-state index in [1.807, 2.05) is 0 Å². The molecule has 1 aliphatic rings. The molecule has 3 rings (SSSR count). The molecule has 1 heterocycles. The second kappa shape index (κ2) is 9.19. The van der Waals surface area contributed by atoms with E-state index in [0.717, 1.165) is 0 Å². The fourth-order valence-corrected chi connectivity index (χ4v) is 3.56. The van der Waals surface area contributed by atoms with E-state index >= 15 is 0 Å². The van der Waals surface area contributed by atoms with Gasteiger partial charge in [0.25, 0.3) is 11.7 Å². The topological polar surface area (TPSA) is 85.3 Å². The number of ether oxygens (including phenoxy) is 3. The van der Waals surface area contributed by atoms with Crippen molar-refractivity contribution < 1.29 is 28.9 Å². The third kappa shape index (κ3) is 3.99. The van der Waals surface area contributed by atoms with Crippen LogP contribution in [0, 0.1) is 0 Å². The number of methoxy groups -OCH3 is 3. The minimum Gasteiger partial charge on any atom is -0.507 e. The van der Waals surface area contributed by atoms with Crippen molar-refractivity contribution in [2.24, 2.45) is 0 Å². The molecule has 0 aliphatic carbocycles. The highest BCUT2D eigenvalue weighted by Crippen LogP contribution is 2.41. The zero-order valence-corrected chi connectivity index (χ0v) is 17.6. The van der Waals surface area contributed by atoms with Crippen LogP contribution in [0.15, 0.2) is 48.0 Å². The number of likely N-dealkylation sites (tertiary alicyclic amines) is 1. The lowest BCUT2D eigenvalue weighted by molar-refractivity contribution is -0.140. The summed E-state index contributed by atoms with van der Waals surface area (Å²) in [5.41, 5.74) is 0.971. The van der Waals surface area contributed by atoms with Gasteiger partial charge in [-0.3, -0.25) is 9.59 Å². The molecule has 0 saturated carbocycles. The maximum absolute atomic E-state index is 12.9. The first kappa shape index (κ1) is 21.7. The fourth-order valence-electron chi connectivity index (χ4n) is 3.43. The number of benzene rings is 2. The largest absolute Gasteiger partial charge is 0.507 e. The van der Waals surface area contributed by atoms with Crippen LogP contribution in [0.3, 0.4) is 0 Å². The van der Waals surface area contributed by atoms with E-state index in [1.165, 1.54) is 26.2 Å². The van der Waals surface area contributed by atoms with Gasteiger partial charge in [0, 0.05) is 24.2 Å². The Morgan fingerprint density at radius 1 is 1.03 bits per heavy atom. The van der Waals surface area contributed by atoms with Crippen molar-refractivity contribution in [1.29, 1.82) is 0 Å². The molecule has 0 bridgehead atoms. The van der Waals surface area contributed by atoms with Crippen LogP contribution in [0.2, 0.25) is 5.02 Å². The lowest BCUT2D eigenvalue weighted by atomic mass is 9.95. The van der Waals surface area contributed by atoms with Crippen LogP contribution < -0.4 is 9.47 Å². The molecule has 1 amide bonds. The summed E-state index contributed by atoms with van der Waals surface area (Å²) in [6, 6.07) is 10.7. The van der Waals surface area contributed by atoms with Gasteiger partial charge < -0.3 is 24.2 Å². The molecule has 1 aliphatic heterocycles. The first-order chi connectivity index (χ1) is 14.4.